The molecule has 0 unspecified atom stereocenters. The molecule has 5 nitrogen and oxygen atoms in total. The first-order chi connectivity index (χ1) is 11.4. The molecule has 0 heterocycles. The fraction of sp³-hybridized carbons (Fsp3) is 0.895. The summed E-state index contributed by atoms with van der Waals surface area (Å²) in [5, 5.41) is 14.7. The van der Waals surface area contributed by atoms with Crippen molar-refractivity contribution in [3.63, 3.8) is 0 Å². The Morgan fingerprint density at radius 2 is 1.33 bits per heavy atom. The minimum atomic E-state index is -0.399. The minimum absolute atomic E-state index is 0.0181. The molecule has 142 valence electrons. The molecule has 0 aromatic heterocycles. The second-order valence-corrected chi connectivity index (χ2v) is 7.42. The van der Waals surface area contributed by atoms with Crippen LogP contribution in [0, 0.1) is 5.41 Å². The molecule has 0 bridgehead atoms. The van der Waals surface area contributed by atoms with E-state index in [1.165, 1.54) is 38.5 Å². The van der Waals surface area contributed by atoms with E-state index < -0.39 is 5.41 Å². The summed E-state index contributed by atoms with van der Waals surface area (Å²) in [5.74, 6) is -0.0303. The number of unbranched alkanes of at least 4 members (excludes halogenated alkanes) is 7. The third kappa shape index (κ3) is 14.5. The van der Waals surface area contributed by atoms with Gasteiger partial charge in [0.2, 0.25) is 11.8 Å². The number of aliphatic hydroxyl groups excluding tert-OH is 1. The van der Waals surface area contributed by atoms with Gasteiger partial charge in [0.1, 0.15) is 0 Å². The number of carbonyl (C=O) groups excluding carboxylic acids is 2. The van der Waals surface area contributed by atoms with Crippen LogP contribution in [-0.2, 0) is 9.59 Å². The Kier molecular flexibility index (Phi) is 13.6. The summed E-state index contributed by atoms with van der Waals surface area (Å²) in [6.07, 6.45) is 10.7. The molecule has 0 saturated heterocycles. The van der Waals surface area contributed by atoms with Gasteiger partial charge in [0.15, 0.2) is 0 Å². The minimum Gasteiger partial charge on any atom is -0.396 e. The Morgan fingerprint density at radius 3 is 1.88 bits per heavy atom. The van der Waals surface area contributed by atoms with Crippen LogP contribution in [0.2, 0.25) is 0 Å². The fourth-order valence-corrected chi connectivity index (χ4v) is 2.46. The van der Waals surface area contributed by atoms with Gasteiger partial charge in [-0.3, -0.25) is 9.59 Å². The Hall–Kier alpha value is -1.10. The van der Waals surface area contributed by atoms with Crippen LogP contribution >= 0.6 is 0 Å². The highest BCUT2D eigenvalue weighted by Crippen LogP contribution is 2.18. The molecule has 0 aliphatic carbocycles. The maximum atomic E-state index is 11.7. The quantitative estimate of drug-likeness (QED) is 0.400. The van der Waals surface area contributed by atoms with Crippen LogP contribution in [0.4, 0.5) is 0 Å². The predicted octanol–water partition coefficient (Wildman–Crippen LogP) is 3.16. The molecule has 0 aliphatic heterocycles. The van der Waals surface area contributed by atoms with Crippen molar-refractivity contribution in [2.45, 2.75) is 85.0 Å². The standard InChI is InChI=1S/C19H38N2O3/c1-4-5-6-7-8-9-10-11-12-17(23)20-13-14-21-18(24)15-19(2,3)16-22/h22H,4-16H2,1-3H3,(H,20,23)(H,21,24). The number of hydrogen-bond donors (Lipinski definition) is 3. The zero-order valence-electron chi connectivity index (χ0n) is 16.0. The van der Waals surface area contributed by atoms with E-state index in [2.05, 4.69) is 17.6 Å². The molecule has 0 rings (SSSR count). The number of aliphatic hydroxyl groups is 1. The van der Waals surface area contributed by atoms with Crippen LogP contribution in [0.5, 0.6) is 0 Å². The number of nitrogens with one attached hydrogen (secondary N) is 2. The van der Waals surface area contributed by atoms with Crippen LogP contribution < -0.4 is 10.6 Å². The number of hydrogen-bond acceptors (Lipinski definition) is 3. The molecule has 0 aromatic rings. The number of rotatable bonds is 15. The third-order valence-electron chi connectivity index (χ3n) is 4.09. The fourth-order valence-electron chi connectivity index (χ4n) is 2.46. The van der Waals surface area contributed by atoms with Crippen molar-refractivity contribution >= 4 is 11.8 Å². The van der Waals surface area contributed by atoms with E-state index in [1.807, 2.05) is 13.8 Å². The molecule has 0 radical (unpaired) electrons. The lowest BCUT2D eigenvalue weighted by Gasteiger charge is -2.20. The Labute approximate surface area is 148 Å². The highest BCUT2D eigenvalue weighted by Gasteiger charge is 2.20. The smallest absolute Gasteiger partial charge is 0.220 e. The zero-order chi connectivity index (χ0) is 18.3. The topological polar surface area (TPSA) is 78.4 Å². The molecular weight excluding hydrogens is 304 g/mol. The molecule has 3 N–H and O–H groups in total. The molecule has 0 aromatic carbocycles. The molecule has 0 spiro atoms. The van der Waals surface area contributed by atoms with Gasteiger partial charge in [-0.05, 0) is 11.8 Å². The summed E-state index contributed by atoms with van der Waals surface area (Å²) in [4.78, 5) is 23.3. The number of carbonyl (C=O) groups is 2. The molecule has 0 aliphatic rings. The summed E-state index contributed by atoms with van der Waals surface area (Å²) in [6, 6.07) is 0. The van der Waals surface area contributed by atoms with Gasteiger partial charge in [-0.25, -0.2) is 0 Å². The SMILES string of the molecule is CCCCCCCCCCC(=O)NCCNC(=O)CC(C)(C)CO. The predicted molar refractivity (Wildman–Crippen MR) is 98.7 cm³/mol. The van der Waals surface area contributed by atoms with Crippen molar-refractivity contribution in [3.8, 4) is 0 Å². The van der Waals surface area contributed by atoms with E-state index in [1.54, 1.807) is 0 Å². The van der Waals surface area contributed by atoms with Gasteiger partial charge < -0.3 is 15.7 Å². The summed E-state index contributed by atoms with van der Waals surface area (Å²) in [7, 11) is 0. The van der Waals surface area contributed by atoms with Crippen molar-refractivity contribution in [3.05, 3.63) is 0 Å². The van der Waals surface area contributed by atoms with Gasteiger partial charge in [-0.15, -0.1) is 0 Å². The second-order valence-electron chi connectivity index (χ2n) is 7.42. The maximum absolute atomic E-state index is 11.7. The van der Waals surface area contributed by atoms with E-state index in [9.17, 15) is 9.59 Å². The third-order valence-corrected chi connectivity index (χ3v) is 4.09. The van der Waals surface area contributed by atoms with E-state index in [-0.39, 0.29) is 24.8 Å². The van der Waals surface area contributed by atoms with E-state index in [0.29, 0.717) is 19.5 Å². The van der Waals surface area contributed by atoms with Gasteiger partial charge in [-0.2, -0.15) is 0 Å². The maximum Gasteiger partial charge on any atom is 0.220 e. The number of amides is 2. The Balaban J connectivity index is 3.45. The van der Waals surface area contributed by atoms with Crippen molar-refractivity contribution in [1.82, 2.24) is 10.6 Å². The van der Waals surface area contributed by atoms with Gasteiger partial charge in [-0.1, -0.05) is 65.7 Å². The van der Waals surface area contributed by atoms with Crippen LogP contribution in [-0.4, -0.2) is 36.6 Å². The average Bonchev–Trinajstić information content (AvgIpc) is 2.53. The molecule has 5 heteroatoms. The lowest BCUT2D eigenvalue weighted by Crippen LogP contribution is -2.36. The van der Waals surface area contributed by atoms with Crippen LogP contribution in [0.15, 0.2) is 0 Å². The van der Waals surface area contributed by atoms with Crippen LogP contribution in [0.1, 0.15) is 85.0 Å². The Morgan fingerprint density at radius 1 is 0.833 bits per heavy atom. The largest absolute Gasteiger partial charge is 0.396 e. The monoisotopic (exact) mass is 342 g/mol. The van der Waals surface area contributed by atoms with Crippen LogP contribution in [0.25, 0.3) is 0 Å². The molecule has 2 amide bonds. The molecule has 0 atom stereocenters. The van der Waals surface area contributed by atoms with E-state index in [4.69, 9.17) is 5.11 Å². The summed E-state index contributed by atoms with van der Waals surface area (Å²) < 4.78 is 0. The molecular formula is C19H38N2O3. The summed E-state index contributed by atoms with van der Waals surface area (Å²) in [5.41, 5.74) is -0.399. The van der Waals surface area contributed by atoms with Gasteiger partial charge in [0.05, 0.1) is 0 Å². The van der Waals surface area contributed by atoms with Crippen molar-refractivity contribution in [2.24, 2.45) is 5.41 Å². The van der Waals surface area contributed by atoms with Crippen molar-refractivity contribution < 1.29 is 14.7 Å². The van der Waals surface area contributed by atoms with Gasteiger partial charge in [0.25, 0.3) is 0 Å². The first-order valence-corrected chi connectivity index (χ1v) is 9.55. The van der Waals surface area contributed by atoms with Crippen molar-refractivity contribution in [2.75, 3.05) is 19.7 Å². The van der Waals surface area contributed by atoms with Gasteiger partial charge >= 0.3 is 0 Å². The average molecular weight is 343 g/mol. The van der Waals surface area contributed by atoms with E-state index in [0.717, 1.165) is 12.8 Å². The normalized spacial score (nSPS) is 11.3. The lowest BCUT2D eigenvalue weighted by atomic mass is 9.90. The van der Waals surface area contributed by atoms with Gasteiger partial charge in [0, 0.05) is 32.5 Å². The summed E-state index contributed by atoms with van der Waals surface area (Å²) >= 11 is 0. The lowest BCUT2D eigenvalue weighted by molar-refractivity contribution is -0.124. The highest BCUT2D eigenvalue weighted by molar-refractivity contribution is 5.77. The second kappa shape index (κ2) is 14.3. The zero-order valence-corrected chi connectivity index (χ0v) is 16.0. The van der Waals surface area contributed by atoms with E-state index >= 15 is 0 Å². The first-order valence-electron chi connectivity index (χ1n) is 9.55. The van der Waals surface area contributed by atoms with Crippen molar-refractivity contribution in [1.29, 1.82) is 0 Å². The molecule has 0 saturated carbocycles. The van der Waals surface area contributed by atoms with Crippen LogP contribution in [0.3, 0.4) is 0 Å². The first kappa shape index (κ1) is 22.9. The summed E-state index contributed by atoms with van der Waals surface area (Å²) in [6.45, 7) is 6.79. The molecule has 0 fully saturated rings. The molecule has 24 heavy (non-hydrogen) atoms. The highest BCUT2D eigenvalue weighted by atomic mass is 16.3. The Bertz CT molecular complexity index is 344.